The van der Waals surface area contributed by atoms with E-state index in [4.69, 9.17) is 22.9 Å². The van der Waals surface area contributed by atoms with Gasteiger partial charge in [0.25, 0.3) is 0 Å². The molecule has 8 N–H and O–H groups in total. The average Bonchev–Trinajstić information content (AvgIpc) is 2.91. The quantitative estimate of drug-likeness (QED) is 0.176. The van der Waals surface area contributed by atoms with Gasteiger partial charge in [-0.15, -0.1) is 11.8 Å². The number of rotatable bonds is 12. The second-order valence-corrected chi connectivity index (χ2v) is 11.4. The fourth-order valence-corrected chi connectivity index (χ4v) is 6.83. The molecule has 0 unspecified atom stereocenters. The number of fused-ring (bicyclic) bond motifs is 2. The third-order valence-corrected chi connectivity index (χ3v) is 8.74. The number of amides is 2. The highest BCUT2D eigenvalue weighted by Crippen LogP contribution is 2.36. The van der Waals surface area contributed by atoms with E-state index in [0.717, 1.165) is 31.4 Å². The van der Waals surface area contributed by atoms with Crippen molar-refractivity contribution in [1.29, 1.82) is 0 Å². The Morgan fingerprint density at radius 3 is 2.33 bits per heavy atom. The Labute approximate surface area is 234 Å². The van der Waals surface area contributed by atoms with Crippen LogP contribution in [-0.4, -0.2) is 76.9 Å². The Kier molecular flexibility index (Phi) is 9.91. The zero-order valence-corrected chi connectivity index (χ0v) is 23.2. The normalized spacial score (nSPS) is 21.1. The van der Waals surface area contributed by atoms with E-state index in [-0.39, 0.29) is 35.0 Å². The van der Waals surface area contributed by atoms with Gasteiger partial charge in [0.2, 0.25) is 11.8 Å². The Hall–Kier alpha value is -3.47. The summed E-state index contributed by atoms with van der Waals surface area (Å²) in [6.07, 6.45) is 4.35. The van der Waals surface area contributed by atoms with Gasteiger partial charge in [0, 0.05) is 31.3 Å². The molecule has 0 saturated carbocycles. The molecule has 3 atom stereocenters. The summed E-state index contributed by atoms with van der Waals surface area (Å²) in [5.41, 5.74) is 23.0. The van der Waals surface area contributed by atoms with E-state index < -0.39 is 6.04 Å². The molecule has 11 heteroatoms. The maximum Gasteiger partial charge on any atom is 0.245 e. The second-order valence-electron chi connectivity index (χ2n) is 10.2. The summed E-state index contributed by atoms with van der Waals surface area (Å²) in [7, 11) is 0. The fraction of sp³-hybridized carbons (Fsp3) is 0.500. The van der Waals surface area contributed by atoms with Gasteiger partial charge in [-0.3, -0.25) is 19.6 Å². The predicted octanol–water partition coefficient (Wildman–Crippen LogP) is 1.61. The van der Waals surface area contributed by atoms with Gasteiger partial charge in [0.1, 0.15) is 6.04 Å². The molecule has 2 fully saturated rings. The molecule has 0 bridgehead atoms. The topological polar surface area (TPSA) is 169 Å². The molecule has 2 amide bonds. The third kappa shape index (κ3) is 7.56. The van der Waals surface area contributed by atoms with E-state index in [9.17, 15) is 9.59 Å². The molecule has 2 heterocycles. The van der Waals surface area contributed by atoms with Gasteiger partial charge in [-0.05, 0) is 48.4 Å². The number of nitrogens with zero attached hydrogens (tertiary/aromatic N) is 4. The van der Waals surface area contributed by atoms with Crippen LogP contribution in [-0.2, 0) is 16.0 Å². The van der Waals surface area contributed by atoms with Crippen LogP contribution in [0.5, 0.6) is 0 Å². The molecule has 39 heavy (non-hydrogen) atoms. The maximum absolute atomic E-state index is 13.8. The van der Waals surface area contributed by atoms with Crippen molar-refractivity contribution in [3.63, 3.8) is 0 Å². The van der Waals surface area contributed by atoms with Crippen molar-refractivity contribution in [2.45, 2.75) is 49.9 Å². The molecule has 2 saturated heterocycles. The zero-order chi connectivity index (χ0) is 27.8. The first-order chi connectivity index (χ1) is 18.8. The number of carbonyl (C=O) groups is 2. The highest BCUT2D eigenvalue weighted by Gasteiger charge is 2.47. The van der Waals surface area contributed by atoms with Crippen LogP contribution in [0.2, 0.25) is 0 Å². The number of carbonyl (C=O) groups excluding carboxylic acids is 2. The van der Waals surface area contributed by atoms with Crippen molar-refractivity contribution in [3.05, 3.63) is 48.0 Å². The molecule has 0 radical (unpaired) electrons. The van der Waals surface area contributed by atoms with Gasteiger partial charge in [-0.1, -0.05) is 48.9 Å². The van der Waals surface area contributed by atoms with E-state index >= 15 is 0 Å². The van der Waals surface area contributed by atoms with E-state index in [1.807, 2.05) is 21.9 Å². The number of guanidine groups is 2. The molecule has 0 aliphatic carbocycles. The van der Waals surface area contributed by atoms with Crippen molar-refractivity contribution in [1.82, 2.24) is 9.80 Å². The van der Waals surface area contributed by atoms with Gasteiger partial charge in [0.05, 0.1) is 11.9 Å². The van der Waals surface area contributed by atoms with Crippen LogP contribution in [0.4, 0.5) is 0 Å². The molecular formula is C28H40N8O2S. The van der Waals surface area contributed by atoms with Crippen LogP contribution in [0.3, 0.4) is 0 Å². The second kappa shape index (κ2) is 13.5. The van der Waals surface area contributed by atoms with Crippen molar-refractivity contribution in [3.8, 4) is 0 Å². The van der Waals surface area contributed by atoms with Gasteiger partial charge in [0.15, 0.2) is 11.9 Å². The fourth-order valence-electron chi connectivity index (χ4n) is 5.37. The first-order valence-corrected chi connectivity index (χ1v) is 14.7. The Morgan fingerprint density at radius 1 is 0.872 bits per heavy atom. The third-order valence-electron chi connectivity index (χ3n) is 7.38. The number of thioether (sulfide) groups is 1. The summed E-state index contributed by atoms with van der Waals surface area (Å²) in [5, 5.41) is 2.36. The van der Waals surface area contributed by atoms with Gasteiger partial charge < -0.3 is 32.7 Å². The molecule has 210 valence electrons. The van der Waals surface area contributed by atoms with Gasteiger partial charge >= 0.3 is 0 Å². The number of benzene rings is 2. The first kappa shape index (κ1) is 28.5. The van der Waals surface area contributed by atoms with Crippen LogP contribution >= 0.6 is 11.8 Å². The molecule has 2 aliphatic heterocycles. The minimum Gasteiger partial charge on any atom is -0.370 e. The smallest absolute Gasteiger partial charge is 0.245 e. The summed E-state index contributed by atoms with van der Waals surface area (Å²) in [4.78, 5) is 39.3. The monoisotopic (exact) mass is 552 g/mol. The summed E-state index contributed by atoms with van der Waals surface area (Å²) >= 11 is 1.78. The lowest BCUT2D eigenvalue weighted by atomic mass is 9.97. The van der Waals surface area contributed by atoms with E-state index in [1.165, 1.54) is 16.3 Å². The molecule has 0 spiro atoms. The van der Waals surface area contributed by atoms with Crippen molar-refractivity contribution in [2.24, 2.45) is 38.8 Å². The van der Waals surface area contributed by atoms with Crippen LogP contribution in [0.15, 0.2) is 52.4 Å². The van der Waals surface area contributed by atoms with Crippen LogP contribution in [0, 0.1) is 5.92 Å². The van der Waals surface area contributed by atoms with Gasteiger partial charge in [-0.2, -0.15) is 0 Å². The highest BCUT2D eigenvalue weighted by atomic mass is 32.2. The van der Waals surface area contributed by atoms with Crippen LogP contribution in [0.25, 0.3) is 10.8 Å². The average molecular weight is 553 g/mol. The lowest BCUT2D eigenvalue weighted by molar-refractivity contribution is -0.155. The lowest BCUT2D eigenvalue weighted by Crippen LogP contribution is -2.65. The van der Waals surface area contributed by atoms with Crippen LogP contribution < -0.4 is 22.9 Å². The Balaban J connectivity index is 1.42. The zero-order valence-electron chi connectivity index (χ0n) is 22.4. The molecule has 2 aromatic rings. The number of hydrogen-bond donors (Lipinski definition) is 4. The molecular weight excluding hydrogens is 512 g/mol. The van der Waals surface area contributed by atoms with Crippen molar-refractivity contribution in [2.75, 3.05) is 31.9 Å². The minimum absolute atomic E-state index is 0.0131. The summed E-state index contributed by atoms with van der Waals surface area (Å²) in [6, 6.07) is 14.2. The number of nitrogens with two attached hydrogens (primary N) is 4. The minimum atomic E-state index is -0.501. The molecule has 10 nitrogen and oxygen atoms in total. The number of piperazine rings is 1. The largest absolute Gasteiger partial charge is 0.370 e. The molecule has 0 aromatic heterocycles. The molecule has 2 aromatic carbocycles. The summed E-state index contributed by atoms with van der Waals surface area (Å²) in [5.74, 6) is 0.861. The number of unbranched alkanes of at least 4 members (excludes halogenated alkanes) is 1. The number of hydrogen-bond acceptors (Lipinski definition) is 5. The Morgan fingerprint density at radius 2 is 1.59 bits per heavy atom. The van der Waals surface area contributed by atoms with Crippen LogP contribution in [0.1, 0.15) is 37.7 Å². The first-order valence-electron chi connectivity index (χ1n) is 13.6. The van der Waals surface area contributed by atoms with Gasteiger partial charge in [-0.25, -0.2) is 0 Å². The predicted molar refractivity (Wildman–Crippen MR) is 159 cm³/mol. The lowest BCUT2D eigenvalue weighted by Gasteiger charge is -2.49. The molecule has 2 aliphatic rings. The van der Waals surface area contributed by atoms with E-state index in [1.54, 1.807) is 11.8 Å². The molecule has 4 rings (SSSR count). The highest BCUT2D eigenvalue weighted by molar-refractivity contribution is 8.00. The number of aliphatic imine (C=N–C) groups is 2. The SMILES string of the molecule is NC(N)=NCCCC[C@@H]1CS[C@@H]2CN(CCc3ccc4ccccc4c3)C(=O)[C@H](CCCN=C(N)N)N2C1=O. The van der Waals surface area contributed by atoms with Crippen molar-refractivity contribution < 1.29 is 9.59 Å². The summed E-state index contributed by atoms with van der Waals surface area (Å²) in [6.45, 7) is 2.15. The maximum atomic E-state index is 13.8. The van der Waals surface area contributed by atoms with E-state index in [2.05, 4.69) is 40.3 Å². The van der Waals surface area contributed by atoms with Crippen molar-refractivity contribution >= 4 is 46.3 Å². The summed E-state index contributed by atoms with van der Waals surface area (Å²) < 4.78 is 0. The standard InChI is InChI=1S/C28H40N8O2S/c29-27(30)33-13-4-3-8-22-18-39-24-17-35(15-12-19-10-11-20-6-1-2-7-21(20)16-19)26(38)23(36(24)25(22)37)9-5-14-34-28(31)32/h1-2,6-7,10-11,16,22-24H,3-5,8-9,12-15,17-18H2,(H4,29,30,33)(H4,31,32,34)/t22-,23+,24-/m1/s1. The Bertz CT molecular complexity index is 1210. The van der Waals surface area contributed by atoms with E-state index in [0.29, 0.717) is 39.0 Å².